The summed E-state index contributed by atoms with van der Waals surface area (Å²) in [6.45, 7) is -15.0. The van der Waals surface area contributed by atoms with Crippen molar-refractivity contribution in [3.8, 4) is 22.3 Å². The molecular weight excluding hydrogens is 1420 g/mol. The number of nitrogens with zero attached hydrogens (tertiary/aromatic N) is 6. The Kier molecular flexibility index (Phi) is 17.8. The Hall–Kier alpha value is -9.04. The number of pyridine rings is 2. The van der Waals surface area contributed by atoms with Crippen molar-refractivity contribution in [1.82, 2.24) is 28.7 Å². The highest BCUT2D eigenvalue weighted by Gasteiger charge is 2.34. The van der Waals surface area contributed by atoms with Crippen molar-refractivity contribution >= 4 is 57.1 Å². The van der Waals surface area contributed by atoms with Crippen LogP contribution in [0.3, 0.4) is 0 Å². The van der Waals surface area contributed by atoms with E-state index in [1.54, 1.807) is 9.80 Å². The van der Waals surface area contributed by atoms with Crippen LogP contribution >= 0.6 is 23.5 Å². The number of alkyl halides is 6. The zero-order chi connectivity index (χ0) is 94.9. The van der Waals surface area contributed by atoms with Gasteiger partial charge in [-0.25, -0.2) is 17.6 Å². The molecule has 0 radical (unpaired) electrons. The van der Waals surface area contributed by atoms with Crippen LogP contribution in [0.1, 0.15) is 100 Å². The number of hydrogen-bond acceptors (Lipinski definition) is 10. The number of halogens is 10. The maximum atomic E-state index is 15.3. The van der Waals surface area contributed by atoms with Crippen molar-refractivity contribution in [2.24, 2.45) is 0 Å². The van der Waals surface area contributed by atoms with Gasteiger partial charge in [0, 0.05) is 127 Å². The Bertz CT molecular complexity index is 6030. The summed E-state index contributed by atoms with van der Waals surface area (Å²) in [4.78, 5) is 62.9. The van der Waals surface area contributed by atoms with E-state index in [1.807, 2.05) is 0 Å². The molecule has 12 rings (SSSR count). The van der Waals surface area contributed by atoms with Crippen LogP contribution in [0.5, 0.6) is 0 Å². The maximum Gasteiger partial charge on any atom is 0.416 e. The molecule has 556 valence electrons. The first-order chi connectivity index (χ1) is 59.4. The molecule has 0 saturated carbocycles. The van der Waals surface area contributed by atoms with E-state index in [0.29, 0.717) is 54.4 Å². The minimum Gasteiger partial charge on any atom is -0.383 e. The number of carbonyl (C=O) groups is 2. The summed E-state index contributed by atoms with van der Waals surface area (Å²) in [7, 11) is 2.35. The second kappa shape index (κ2) is 35.1. The number of thioether (sulfide) groups is 2. The summed E-state index contributed by atoms with van der Waals surface area (Å²) in [5.74, 6) is -9.50. The van der Waals surface area contributed by atoms with E-state index >= 15 is 14.0 Å². The molecule has 12 nitrogen and oxygen atoms in total. The van der Waals surface area contributed by atoms with Crippen LogP contribution in [0, 0.1) is 37.1 Å². The molecule has 2 saturated heterocycles. The highest BCUT2D eigenvalue weighted by molar-refractivity contribution is 7.98. The Balaban J connectivity index is 0.000000248. The molecule has 0 spiro atoms. The number of carbonyl (C=O) groups excluding carboxylic acids is 2. The number of likely N-dealkylation sites (tertiary alicyclic amines) is 2. The third-order valence-electron chi connectivity index (χ3n) is 17.1. The second-order valence-electron chi connectivity index (χ2n) is 24.3. The van der Waals surface area contributed by atoms with Gasteiger partial charge in [-0.3, -0.25) is 19.2 Å². The molecule has 0 aliphatic carbocycles. The fraction of sp³-hybridized carbons (Fsp3) is 0.317. The van der Waals surface area contributed by atoms with Gasteiger partial charge in [0.2, 0.25) is 11.8 Å². The number of ether oxygens (including phenoxy) is 2. The van der Waals surface area contributed by atoms with Gasteiger partial charge in [-0.1, -0.05) is 120 Å². The Labute approximate surface area is 647 Å². The van der Waals surface area contributed by atoms with Gasteiger partial charge in [-0.05, 0) is 133 Å². The largest absolute Gasteiger partial charge is 0.416 e. The number of methoxy groups -OCH3 is 2. The molecular formula is C82H80F10N6O6S2. The molecule has 2 amide bonds. The molecule has 0 unspecified atom stereocenters. The van der Waals surface area contributed by atoms with Crippen LogP contribution in [0.25, 0.3) is 44.1 Å². The van der Waals surface area contributed by atoms with Crippen LogP contribution in [-0.4, -0.2) is 119 Å². The van der Waals surface area contributed by atoms with E-state index in [9.17, 15) is 60.1 Å². The Morgan fingerprint density at radius 2 is 0.877 bits per heavy atom. The van der Waals surface area contributed by atoms with E-state index in [0.717, 1.165) is 42.5 Å². The third-order valence-corrected chi connectivity index (χ3v) is 18.9. The van der Waals surface area contributed by atoms with Crippen LogP contribution in [0.2, 0.25) is 0 Å². The minimum absolute atomic E-state index is 0.0299. The molecule has 2 aliphatic heterocycles. The maximum absolute atomic E-state index is 15.3. The summed E-state index contributed by atoms with van der Waals surface area (Å²) in [5.41, 5.74) is -9.78. The number of aromatic nitrogens is 2. The second-order valence-corrected chi connectivity index (χ2v) is 26.0. The summed E-state index contributed by atoms with van der Waals surface area (Å²) < 4.78 is 345. The molecule has 2 fully saturated rings. The fourth-order valence-corrected chi connectivity index (χ4v) is 13.2. The summed E-state index contributed by atoms with van der Waals surface area (Å²) in [6, 6.07) is 15.8. The number of fused-ring (bicyclic) bond motifs is 2. The lowest BCUT2D eigenvalue weighted by Crippen LogP contribution is -2.48. The number of rotatable bonds is 24. The quantitative estimate of drug-likeness (QED) is 0.0428. The molecule has 2 aromatic heterocycles. The first-order valence-electron chi connectivity index (χ1n) is 43.7. The number of benzene rings is 8. The molecule has 8 aromatic carbocycles. The monoisotopic (exact) mass is 1520 g/mol. The van der Waals surface area contributed by atoms with Crippen molar-refractivity contribution < 1.29 is 93.1 Å². The lowest BCUT2D eigenvalue weighted by Gasteiger charge is -2.39. The van der Waals surface area contributed by atoms with E-state index in [-0.39, 0.29) is 109 Å². The van der Waals surface area contributed by atoms with Crippen molar-refractivity contribution in [2.45, 2.75) is 111 Å². The minimum atomic E-state index is -4.60. The lowest BCUT2D eigenvalue weighted by molar-refractivity contribution is -0.138. The highest BCUT2D eigenvalue weighted by atomic mass is 32.2. The Morgan fingerprint density at radius 1 is 0.509 bits per heavy atom. The number of hydrogen-bond donors (Lipinski definition) is 0. The van der Waals surface area contributed by atoms with Crippen LogP contribution in [0.4, 0.5) is 43.9 Å². The standard InChI is InChI=1S/2C41H40F5N3O3S/c2*1-27-6-15-36-34(22-27)37(50)23-39(53-26-31-4-3-5-35(42)40(31)43)49(36)25-38(51)48(33-16-18-47(19-17-33)20-21-52-2)24-28-7-9-29(10-8-28)30-11-13-32(14-12-30)41(44,45)46/h2*3-15,22-23,33H,16-21,24-26H2,1-2H3/i6D,15D,21D2,22D,23D,24D2,25D2,26D2;6D,15D,21D2,22D,23D,24D2,25D2. The summed E-state index contributed by atoms with van der Waals surface area (Å²) in [6.07, 6.45) is -9.45. The summed E-state index contributed by atoms with van der Waals surface area (Å²) in [5, 5.41) is -3.20. The van der Waals surface area contributed by atoms with Gasteiger partial charge in [0.15, 0.2) is 34.1 Å². The fourth-order valence-electron chi connectivity index (χ4n) is 11.5. The molecule has 106 heavy (non-hydrogen) atoms. The van der Waals surface area contributed by atoms with E-state index in [4.69, 9.17) is 28.7 Å². The smallest absolute Gasteiger partial charge is 0.383 e. The van der Waals surface area contributed by atoms with Gasteiger partial charge in [-0.15, -0.1) is 23.5 Å². The predicted octanol–water partition coefficient (Wildman–Crippen LogP) is 17.4. The average Bonchev–Trinajstić information content (AvgIpc) is 0.726. The highest BCUT2D eigenvalue weighted by Crippen LogP contribution is 2.36. The topological polar surface area (TPSA) is 110 Å². The number of piperidine rings is 2. The predicted molar refractivity (Wildman–Crippen MR) is 395 cm³/mol. The summed E-state index contributed by atoms with van der Waals surface area (Å²) >= 11 is 0.259. The van der Waals surface area contributed by atoms with Crippen molar-refractivity contribution in [3.63, 3.8) is 0 Å². The van der Waals surface area contributed by atoms with Crippen LogP contribution in [-0.2, 0) is 68.9 Å². The first kappa shape index (κ1) is 53.7. The Morgan fingerprint density at radius 3 is 1.26 bits per heavy atom. The van der Waals surface area contributed by atoms with Crippen molar-refractivity contribution in [2.75, 3.05) is 66.6 Å². The van der Waals surface area contributed by atoms with E-state index in [2.05, 4.69) is 0 Å². The van der Waals surface area contributed by atoms with Gasteiger partial charge in [0.05, 0.1) is 72.7 Å². The lowest BCUT2D eigenvalue weighted by atomic mass is 10.00. The van der Waals surface area contributed by atoms with Gasteiger partial charge in [0.1, 0.15) is 13.0 Å². The molecule has 0 bridgehead atoms. The van der Waals surface area contributed by atoms with Crippen molar-refractivity contribution in [3.05, 3.63) is 270 Å². The van der Waals surface area contributed by atoms with E-state index < -0.39 is 218 Å². The van der Waals surface area contributed by atoms with E-state index in [1.165, 1.54) is 113 Å². The molecule has 0 atom stereocenters. The van der Waals surface area contributed by atoms with Gasteiger partial charge < -0.3 is 38.2 Å². The SMILES string of the molecule is [2H]c1c(C)c([2H])c2c(=O)c([2H])c(SC([2H])([2H])c3cccc(F)c3F)n(C([2H])([2H])C(=O)N(C3CCN(CC([2H])([2H])OC)CC3)C([2H])([2H])c3ccc(-c4ccc(C(F)(F)F)cc4)cc3)c2c1[2H].[2H]c1c(C)c([2H])c2c(=O)c([2H])c(SCc3cccc(F)c3F)n(C([2H])([2H])C(=O)N(C3CCN(CC([2H])([2H])OC)CC3)C([2H])([2H])c3ccc(-c4ccc(C(F)(F)F)cc4)cc3)c2c1[2H]. The molecule has 0 N–H and O–H groups in total. The average molecular weight is 1520 g/mol. The zero-order valence-electron chi connectivity index (χ0n) is 78.9. The van der Waals surface area contributed by atoms with Crippen LogP contribution < -0.4 is 10.9 Å². The van der Waals surface area contributed by atoms with Crippen molar-refractivity contribution in [1.29, 1.82) is 0 Å². The molecule has 2 aliphatic rings. The van der Waals surface area contributed by atoms with Gasteiger partial charge in [-0.2, -0.15) is 26.3 Å². The number of amides is 2. The van der Waals surface area contributed by atoms with Gasteiger partial charge >= 0.3 is 12.4 Å². The molecule has 24 heteroatoms. The first-order valence-corrected chi connectivity index (χ1v) is 34.5. The molecule has 10 aromatic rings. The molecule has 4 heterocycles. The zero-order valence-corrected chi connectivity index (χ0v) is 58.5. The normalized spacial score (nSPS) is 18.1. The van der Waals surface area contributed by atoms with Gasteiger partial charge in [0.25, 0.3) is 0 Å². The van der Waals surface area contributed by atoms with Crippen LogP contribution in [0.15, 0.2) is 201 Å². The third kappa shape index (κ3) is 19.6.